The third kappa shape index (κ3) is 3.49. The number of amides is 2. The zero-order valence-electron chi connectivity index (χ0n) is 15.2. The number of carbonyl (C=O) groups excluding carboxylic acids is 2. The molecular formula is C18H17N7O2S. The van der Waals surface area contributed by atoms with Crippen LogP contribution in [0.15, 0.2) is 43.0 Å². The van der Waals surface area contributed by atoms with Crippen LogP contribution in [0.4, 0.5) is 5.69 Å². The van der Waals surface area contributed by atoms with Gasteiger partial charge in [0.1, 0.15) is 17.5 Å². The van der Waals surface area contributed by atoms with Gasteiger partial charge < -0.3 is 10.6 Å². The zero-order valence-corrected chi connectivity index (χ0v) is 16.0. The summed E-state index contributed by atoms with van der Waals surface area (Å²) < 4.78 is 3.37. The fourth-order valence-electron chi connectivity index (χ4n) is 2.81. The summed E-state index contributed by atoms with van der Waals surface area (Å²) in [7, 11) is 1.84. The molecule has 10 heteroatoms. The van der Waals surface area contributed by atoms with E-state index in [0.717, 1.165) is 21.6 Å². The molecule has 0 saturated heterocycles. The molecule has 0 bridgehead atoms. The molecule has 142 valence electrons. The molecule has 2 N–H and O–H groups in total. The highest BCUT2D eigenvalue weighted by atomic mass is 32.1. The molecule has 0 atom stereocenters. The minimum absolute atomic E-state index is 0.116. The number of anilines is 1. The maximum absolute atomic E-state index is 12.3. The average Bonchev–Trinajstić information content (AvgIpc) is 3.40. The Morgan fingerprint density at radius 3 is 2.68 bits per heavy atom. The van der Waals surface area contributed by atoms with Crippen LogP contribution in [-0.4, -0.2) is 42.9 Å². The van der Waals surface area contributed by atoms with E-state index in [9.17, 15) is 9.59 Å². The van der Waals surface area contributed by atoms with E-state index in [1.54, 1.807) is 33.9 Å². The van der Waals surface area contributed by atoms with Crippen molar-refractivity contribution in [1.29, 1.82) is 0 Å². The van der Waals surface area contributed by atoms with Crippen LogP contribution in [0.2, 0.25) is 0 Å². The molecular weight excluding hydrogens is 378 g/mol. The van der Waals surface area contributed by atoms with E-state index in [1.807, 2.05) is 26.1 Å². The van der Waals surface area contributed by atoms with Crippen molar-refractivity contribution in [3.05, 3.63) is 53.6 Å². The van der Waals surface area contributed by atoms with Crippen LogP contribution in [0.25, 0.3) is 15.9 Å². The van der Waals surface area contributed by atoms with Gasteiger partial charge in [0.05, 0.1) is 22.8 Å². The average molecular weight is 395 g/mol. The second-order valence-corrected chi connectivity index (χ2v) is 7.19. The topological polar surface area (TPSA) is 107 Å². The molecule has 0 radical (unpaired) electrons. The second kappa shape index (κ2) is 7.24. The van der Waals surface area contributed by atoms with E-state index < -0.39 is 0 Å². The van der Waals surface area contributed by atoms with Crippen molar-refractivity contribution in [2.45, 2.75) is 6.92 Å². The predicted molar refractivity (Wildman–Crippen MR) is 106 cm³/mol. The van der Waals surface area contributed by atoms with Crippen molar-refractivity contribution in [2.75, 3.05) is 11.9 Å². The largest absolute Gasteiger partial charge is 0.342 e. The summed E-state index contributed by atoms with van der Waals surface area (Å²) in [5, 5.41) is 14.7. The predicted octanol–water partition coefficient (Wildman–Crippen LogP) is 1.89. The van der Waals surface area contributed by atoms with Crippen LogP contribution in [0.1, 0.15) is 15.4 Å². The van der Waals surface area contributed by atoms with Gasteiger partial charge in [0.25, 0.3) is 5.91 Å². The molecule has 0 aliphatic carbocycles. The molecule has 4 rings (SSSR count). The van der Waals surface area contributed by atoms with Gasteiger partial charge in [-0.05, 0) is 37.3 Å². The lowest BCUT2D eigenvalue weighted by Gasteiger charge is -2.07. The molecule has 28 heavy (non-hydrogen) atoms. The number of nitrogens with one attached hydrogen (secondary N) is 2. The number of aromatic nitrogens is 5. The Kier molecular flexibility index (Phi) is 4.62. The Bertz CT molecular complexity index is 1110. The summed E-state index contributed by atoms with van der Waals surface area (Å²) in [6, 6.07) is 8.96. The molecule has 0 unspecified atom stereocenters. The van der Waals surface area contributed by atoms with Crippen LogP contribution in [0, 0.1) is 6.92 Å². The first-order valence-electron chi connectivity index (χ1n) is 8.47. The van der Waals surface area contributed by atoms with Gasteiger partial charge in [-0.15, -0.1) is 11.3 Å². The van der Waals surface area contributed by atoms with E-state index in [4.69, 9.17) is 0 Å². The van der Waals surface area contributed by atoms with E-state index in [0.29, 0.717) is 10.6 Å². The summed E-state index contributed by atoms with van der Waals surface area (Å²) in [5.41, 5.74) is 2.34. The van der Waals surface area contributed by atoms with Crippen LogP contribution < -0.4 is 10.6 Å². The maximum atomic E-state index is 12.3. The SMILES string of the molecule is Cc1nn(C)c2sc(C(=O)NCC(=O)Nc3ccc(-n4cncn4)cc3)cc12. The zero-order chi connectivity index (χ0) is 19.7. The number of hydrogen-bond donors (Lipinski definition) is 2. The van der Waals surface area contributed by atoms with Gasteiger partial charge in [-0.25, -0.2) is 9.67 Å². The van der Waals surface area contributed by atoms with Crippen LogP contribution in [-0.2, 0) is 11.8 Å². The van der Waals surface area contributed by atoms with Gasteiger partial charge in [0.2, 0.25) is 5.91 Å². The Morgan fingerprint density at radius 2 is 2.00 bits per heavy atom. The van der Waals surface area contributed by atoms with Gasteiger partial charge in [-0.3, -0.25) is 14.3 Å². The minimum atomic E-state index is -0.305. The highest BCUT2D eigenvalue weighted by molar-refractivity contribution is 7.20. The molecule has 0 aliphatic rings. The molecule has 3 heterocycles. The number of nitrogens with zero attached hydrogens (tertiary/aromatic N) is 5. The van der Waals surface area contributed by atoms with Crippen LogP contribution in [0.3, 0.4) is 0 Å². The summed E-state index contributed by atoms with van der Waals surface area (Å²) in [6.45, 7) is 1.79. The highest BCUT2D eigenvalue weighted by Gasteiger charge is 2.15. The lowest BCUT2D eigenvalue weighted by molar-refractivity contribution is -0.115. The van der Waals surface area contributed by atoms with Crippen molar-refractivity contribution in [3.63, 3.8) is 0 Å². The van der Waals surface area contributed by atoms with E-state index >= 15 is 0 Å². The minimum Gasteiger partial charge on any atom is -0.342 e. The molecule has 0 aliphatic heterocycles. The summed E-state index contributed by atoms with van der Waals surface area (Å²) >= 11 is 1.35. The summed E-state index contributed by atoms with van der Waals surface area (Å²) in [5.74, 6) is -0.585. The second-order valence-electron chi connectivity index (χ2n) is 6.16. The molecule has 0 spiro atoms. The lowest BCUT2D eigenvalue weighted by atomic mass is 10.3. The molecule has 9 nitrogen and oxygen atoms in total. The van der Waals surface area contributed by atoms with Crippen LogP contribution in [0.5, 0.6) is 0 Å². The Hall–Kier alpha value is -3.53. The summed E-state index contributed by atoms with van der Waals surface area (Å²) in [4.78, 5) is 29.8. The Balaban J connectivity index is 1.34. The number of rotatable bonds is 5. The van der Waals surface area contributed by atoms with Gasteiger partial charge in [0, 0.05) is 18.1 Å². The quantitative estimate of drug-likeness (QED) is 0.537. The third-order valence-electron chi connectivity index (χ3n) is 4.16. The van der Waals surface area contributed by atoms with Gasteiger partial charge in [-0.2, -0.15) is 10.2 Å². The van der Waals surface area contributed by atoms with E-state index in [1.165, 1.54) is 17.7 Å². The third-order valence-corrected chi connectivity index (χ3v) is 5.36. The number of carbonyl (C=O) groups is 2. The van der Waals surface area contributed by atoms with Gasteiger partial charge in [0.15, 0.2) is 0 Å². The molecule has 0 fully saturated rings. The first-order chi connectivity index (χ1) is 13.5. The van der Waals surface area contributed by atoms with Crippen molar-refractivity contribution < 1.29 is 9.59 Å². The fraction of sp³-hybridized carbons (Fsp3) is 0.167. The van der Waals surface area contributed by atoms with E-state index in [-0.39, 0.29) is 18.4 Å². The maximum Gasteiger partial charge on any atom is 0.261 e. The number of fused-ring (bicyclic) bond motifs is 1. The number of hydrogen-bond acceptors (Lipinski definition) is 6. The molecule has 0 saturated carbocycles. The van der Waals surface area contributed by atoms with Gasteiger partial charge in [-0.1, -0.05) is 0 Å². The first-order valence-corrected chi connectivity index (χ1v) is 9.29. The molecule has 3 aromatic heterocycles. The van der Waals surface area contributed by atoms with Crippen molar-refractivity contribution in [1.82, 2.24) is 29.9 Å². The summed E-state index contributed by atoms with van der Waals surface area (Å²) in [6.07, 6.45) is 3.04. The van der Waals surface area contributed by atoms with Crippen molar-refractivity contribution in [3.8, 4) is 5.69 Å². The number of thiophene rings is 1. The fourth-order valence-corrected chi connectivity index (χ4v) is 3.85. The van der Waals surface area contributed by atoms with E-state index in [2.05, 4.69) is 25.8 Å². The molecule has 1 aromatic carbocycles. The van der Waals surface area contributed by atoms with Crippen LogP contribution >= 0.6 is 11.3 Å². The van der Waals surface area contributed by atoms with Crippen molar-refractivity contribution >= 4 is 39.1 Å². The number of benzene rings is 1. The monoisotopic (exact) mass is 395 g/mol. The Morgan fingerprint density at radius 1 is 1.21 bits per heavy atom. The highest BCUT2D eigenvalue weighted by Crippen LogP contribution is 2.27. The lowest BCUT2D eigenvalue weighted by Crippen LogP contribution is -2.32. The molecule has 4 aromatic rings. The van der Waals surface area contributed by atoms with Crippen molar-refractivity contribution in [2.24, 2.45) is 7.05 Å². The standard InChI is InChI=1S/C18H17N7O2S/c1-11-14-7-15(28-18(14)24(2)23-11)17(27)20-8-16(26)22-12-3-5-13(6-4-12)25-10-19-9-21-25/h3-7,9-10H,8H2,1-2H3,(H,20,27)(H,22,26). The normalized spacial score (nSPS) is 10.9. The smallest absolute Gasteiger partial charge is 0.261 e. The molecule has 2 amide bonds. The van der Waals surface area contributed by atoms with Gasteiger partial charge >= 0.3 is 0 Å². The Labute approximate surface area is 164 Å². The number of aryl methyl sites for hydroxylation is 2. The first kappa shape index (κ1) is 17.9.